The van der Waals surface area contributed by atoms with E-state index in [1.807, 2.05) is 0 Å². The summed E-state index contributed by atoms with van der Waals surface area (Å²) in [6, 6.07) is 3.70. The van der Waals surface area contributed by atoms with Gasteiger partial charge in [-0.05, 0) is 39.0 Å². The summed E-state index contributed by atoms with van der Waals surface area (Å²) in [5.41, 5.74) is 1.07. The summed E-state index contributed by atoms with van der Waals surface area (Å²) in [6.45, 7) is 4.41. The normalized spacial score (nSPS) is 13.2. The first-order valence-corrected chi connectivity index (χ1v) is 9.11. The maximum Gasteiger partial charge on any atom is 0.255 e. The number of fused-ring (bicyclic) bond motifs is 2. The molecule has 0 aliphatic heterocycles. The van der Waals surface area contributed by atoms with Crippen molar-refractivity contribution in [1.82, 2.24) is 30.0 Å². The van der Waals surface area contributed by atoms with E-state index in [0.717, 1.165) is 5.39 Å². The van der Waals surface area contributed by atoms with Crippen LogP contribution in [0.3, 0.4) is 0 Å². The van der Waals surface area contributed by atoms with Gasteiger partial charge < -0.3 is 10.3 Å². The fourth-order valence-electron chi connectivity index (χ4n) is 3.04. The second-order valence-electron chi connectivity index (χ2n) is 7.55. The van der Waals surface area contributed by atoms with Gasteiger partial charge in [-0.15, -0.1) is 0 Å². The molecule has 0 fully saturated rings. The molecule has 0 unspecified atom stereocenters. The minimum atomic E-state index is -1.57. The van der Waals surface area contributed by atoms with Gasteiger partial charge in [-0.2, -0.15) is 5.10 Å². The zero-order valence-corrected chi connectivity index (χ0v) is 16.4. The quantitative estimate of drug-likeness (QED) is 0.551. The molecule has 1 aromatic carbocycles. The highest BCUT2D eigenvalue weighted by atomic mass is 19.1. The average Bonchev–Trinajstić information content (AvgIpc) is 3.21. The van der Waals surface area contributed by atoms with E-state index in [0.29, 0.717) is 28.1 Å². The molecule has 0 saturated heterocycles. The van der Waals surface area contributed by atoms with Crippen molar-refractivity contribution in [2.45, 2.75) is 32.5 Å². The Balaban J connectivity index is 1.78. The van der Waals surface area contributed by atoms with Crippen molar-refractivity contribution in [2.24, 2.45) is 7.05 Å². The third-order valence-corrected chi connectivity index (χ3v) is 5.06. The number of amides is 1. The molecule has 0 saturated carbocycles. The van der Waals surface area contributed by atoms with E-state index in [4.69, 9.17) is 0 Å². The molecule has 0 bridgehead atoms. The largest absolute Gasteiger partial charge is 0.346 e. The molecule has 4 aromatic rings. The highest BCUT2D eigenvalue weighted by molar-refractivity contribution is 6.05. The van der Waals surface area contributed by atoms with E-state index in [1.165, 1.54) is 32.2 Å². The fourth-order valence-corrected chi connectivity index (χ4v) is 3.04. The Labute approximate surface area is 165 Å². The molecule has 0 aliphatic carbocycles. The number of rotatable bonds is 4. The molecule has 1 atom stereocenters. The van der Waals surface area contributed by atoms with Crippen LogP contribution in [0.25, 0.3) is 33.5 Å². The molecule has 0 radical (unpaired) electrons. The molecule has 150 valence electrons. The number of H-pyrrole nitrogens is 1. The number of carbonyl (C=O) groups is 1. The van der Waals surface area contributed by atoms with Crippen molar-refractivity contribution in [3.8, 4) is 11.4 Å². The monoisotopic (exact) mass is 398 g/mol. The van der Waals surface area contributed by atoms with Crippen molar-refractivity contribution in [1.29, 1.82) is 0 Å². The summed E-state index contributed by atoms with van der Waals surface area (Å²) in [6.07, 6.45) is 3.03. The number of aryl methyl sites for hydroxylation is 1. The van der Waals surface area contributed by atoms with Crippen molar-refractivity contribution >= 4 is 28.0 Å². The average molecular weight is 398 g/mol. The topological polar surface area (TPSA) is 88.5 Å². The number of carbonyl (C=O) groups excluding carboxylic acids is 1. The van der Waals surface area contributed by atoms with Crippen molar-refractivity contribution in [3.63, 3.8) is 0 Å². The summed E-state index contributed by atoms with van der Waals surface area (Å²) in [5.74, 6) is -0.808. The van der Waals surface area contributed by atoms with Gasteiger partial charge in [-0.1, -0.05) is 0 Å². The number of nitrogens with zero attached hydrogens (tertiary/aromatic N) is 4. The number of aromatic nitrogens is 5. The van der Waals surface area contributed by atoms with Gasteiger partial charge in [0.05, 0.1) is 23.3 Å². The highest BCUT2D eigenvalue weighted by Crippen LogP contribution is 2.28. The van der Waals surface area contributed by atoms with Crippen molar-refractivity contribution < 1.29 is 13.6 Å². The van der Waals surface area contributed by atoms with Crippen LogP contribution in [0.4, 0.5) is 8.78 Å². The summed E-state index contributed by atoms with van der Waals surface area (Å²) in [4.78, 5) is 24.4. The molecule has 3 aromatic heterocycles. The third-order valence-electron chi connectivity index (χ3n) is 5.06. The van der Waals surface area contributed by atoms with Gasteiger partial charge >= 0.3 is 0 Å². The summed E-state index contributed by atoms with van der Waals surface area (Å²) in [7, 11) is 1.71. The first kappa shape index (κ1) is 19.0. The minimum absolute atomic E-state index is 0.261. The van der Waals surface area contributed by atoms with Crippen LogP contribution in [0.2, 0.25) is 0 Å². The number of alkyl halides is 1. The molecule has 29 heavy (non-hydrogen) atoms. The summed E-state index contributed by atoms with van der Waals surface area (Å²) >= 11 is 0. The highest BCUT2D eigenvalue weighted by Gasteiger charge is 2.28. The van der Waals surface area contributed by atoms with Crippen molar-refractivity contribution in [3.05, 3.63) is 42.0 Å². The number of benzene rings is 1. The number of hydrogen-bond acceptors (Lipinski definition) is 4. The van der Waals surface area contributed by atoms with Crippen LogP contribution in [0.1, 0.15) is 31.1 Å². The van der Waals surface area contributed by atoms with Gasteiger partial charge in [0, 0.05) is 18.6 Å². The first-order chi connectivity index (χ1) is 13.6. The number of halogens is 2. The van der Waals surface area contributed by atoms with Gasteiger partial charge in [-0.25, -0.2) is 18.7 Å². The minimum Gasteiger partial charge on any atom is -0.346 e. The smallest absolute Gasteiger partial charge is 0.255 e. The van der Waals surface area contributed by atoms with E-state index >= 15 is 0 Å². The molecule has 2 N–H and O–H groups in total. The Morgan fingerprint density at radius 2 is 2.10 bits per heavy atom. The van der Waals surface area contributed by atoms with Crippen LogP contribution in [0, 0.1) is 5.82 Å². The molecule has 9 heteroatoms. The Kier molecular flexibility index (Phi) is 4.33. The van der Waals surface area contributed by atoms with E-state index in [9.17, 15) is 13.6 Å². The zero-order valence-electron chi connectivity index (χ0n) is 16.4. The van der Waals surface area contributed by atoms with Crippen LogP contribution < -0.4 is 5.32 Å². The molecule has 1 amide bonds. The predicted octanol–water partition coefficient (Wildman–Crippen LogP) is 3.52. The third kappa shape index (κ3) is 3.32. The van der Waals surface area contributed by atoms with Crippen LogP contribution in [-0.4, -0.2) is 42.4 Å². The molecular formula is C20H20F2N6O. The zero-order chi connectivity index (χ0) is 20.9. The van der Waals surface area contributed by atoms with Gasteiger partial charge in [0.25, 0.3) is 5.91 Å². The summed E-state index contributed by atoms with van der Waals surface area (Å²) < 4.78 is 29.2. The fraction of sp³-hybridized carbons (Fsp3) is 0.300. The Bertz CT molecular complexity index is 1240. The van der Waals surface area contributed by atoms with Gasteiger partial charge in [0.15, 0.2) is 5.65 Å². The second kappa shape index (κ2) is 6.61. The van der Waals surface area contributed by atoms with Crippen LogP contribution in [0.5, 0.6) is 0 Å². The van der Waals surface area contributed by atoms with E-state index in [1.54, 1.807) is 30.9 Å². The van der Waals surface area contributed by atoms with E-state index < -0.39 is 17.6 Å². The SMILES string of the molecule is C[C@@H](NC(=O)c1c[nH]c2ncc(-c3nn(C)c4cc(F)ccc34)nc12)C(C)(C)F. The Morgan fingerprint density at radius 3 is 2.83 bits per heavy atom. The Morgan fingerprint density at radius 1 is 1.34 bits per heavy atom. The number of nitrogens with one attached hydrogen (secondary N) is 2. The maximum atomic E-state index is 14.1. The molecule has 4 rings (SSSR count). The lowest BCUT2D eigenvalue weighted by Gasteiger charge is -2.23. The summed E-state index contributed by atoms with van der Waals surface area (Å²) in [5, 5.41) is 7.80. The standard InChI is InChI=1S/C20H20F2N6O/c1-10(20(2,3)22)25-19(29)13-8-23-18-17(13)26-14(9-24-18)16-12-6-5-11(21)7-15(12)28(4)27-16/h5-10H,1-4H3,(H,23,24)(H,25,29)/t10-/m1/s1. The molecule has 3 heterocycles. The van der Waals surface area contributed by atoms with E-state index in [-0.39, 0.29) is 11.4 Å². The predicted molar refractivity (Wildman–Crippen MR) is 106 cm³/mol. The number of aromatic amines is 1. The van der Waals surface area contributed by atoms with Gasteiger partial charge in [-0.3, -0.25) is 9.48 Å². The van der Waals surface area contributed by atoms with Crippen LogP contribution in [-0.2, 0) is 7.05 Å². The lowest BCUT2D eigenvalue weighted by Crippen LogP contribution is -2.44. The maximum absolute atomic E-state index is 14.1. The molecule has 0 aliphatic rings. The number of hydrogen-bond donors (Lipinski definition) is 2. The van der Waals surface area contributed by atoms with Gasteiger partial charge in [0.2, 0.25) is 0 Å². The van der Waals surface area contributed by atoms with Gasteiger partial charge in [0.1, 0.15) is 28.4 Å². The lowest BCUT2D eigenvalue weighted by atomic mass is 10.0. The lowest BCUT2D eigenvalue weighted by molar-refractivity contribution is 0.0865. The molecule has 7 nitrogen and oxygen atoms in total. The molecular weight excluding hydrogens is 378 g/mol. The van der Waals surface area contributed by atoms with E-state index in [2.05, 4.69) is 25.4 Å². The van der Waals surface area contributed by atoms with Crippen molar-refractivity contribution in [2.75, 3.05) is 0 Å². The van der Waals surface area contributed by atoms with Crippen LogP contribution in [0.15, 0.2) is 30.6 Å². The Hall–Kier alpha value is -3.36. The second-order valence-corrected chi connectivity index (χ2v) is 7.55. The molecule has 0 spiro atoms. The first-order valence-electron chi connectivity index (χ1n) is 9.11. The van der Waals surface area contributed by atoms with Crippen LogP contribution >= 0.6 is 0 Å².